The number of carbonyl (C=O) groups excluding carboxylic acids is 1. The number of carbonyl (C=O) groups is 1. The SMILES string of the molecule is O=C(Cn1nnc(-c2ccccc2)n1)NC1CCNCC1. The van der Waals surface area contributed by atoms with Crippen molar-refractivity contribution in [3.63, 3.8) is 0 Å². The molecule has 3 rings (SSSR count). The van der Waals surface area contributed by atoms with E-state index in [1.54, 1.807) is 0 Å². The van der Waals surface area contributed by atoms with Crippen LogP contribution in [-0.2, 0) is 11.3 Å². The van der Waals surface area contributed by atoms with Crippen molar-refractivity contribution in [1.29, 1.82) is 0 Å². The normalized spacial score (nSPS) is 15.8. The van der Waals surface area contributed by atoms with Crippen LogP contribution in [-0.4, -0.2) is 45.2 Å². The largest absolute Gasteiger partial charge is 0.352 e. The molecule has 2 N–H and O–H groups in total. The van der Waals surface area contributed by atoms with Crippen LogP contribution in [0.3, 0.4) is 0 Å². The number of rotatable bonds is 4. The minimum atomic E-state index is -0.0705. The summed E-state index contributed by atoms with van der Waals surface area (Å²) >= 11 is 0. The third-order valence-electron chi connectivity index (χ3n) is 3.47. The molecule has 0 unspecified atom stereocenters. The lowest BCUT2D eigenvalue weighted by atomic mass is 10.1. The minimum absolute atomic E-state index is 0.0705. The predicted molar refractivity (Wildman–Crippen MR) is 77.3 cm³/mol. The molecule has 0 spiro atoms. The highest BCUT2D eigenvalue weighted by Gasteiger charge is 2.16. The minimum Gasteiger partial charge on any atom is -0.352 e. The Morgan fingerprint density at radius 2 is 2.05 bits per heavy atom. The molecule has 0 atom stereocenters. The molecular formula is C14H18N6O. The van der Waals surface area contributed by atoms with E-state index in [1.807, 2.05) is 30.3 Å². The van der Waals surface area contributed by atoms with Crippen LogP contribution in [0, 0.1) is 0 Å². The summed E-state index contributed by atoms with van der Waals surface area (Å²) in [6.07, 6.45) is 1.93. The van der Waals surface area contributed by atoms with E-state index in [4.69, 9.17) is 0 Å². The summed E-state index contributed by atoms with van der Waals surface area (Å²) in [5, 5.41) is 18.4. The first kappa shape index (κ1) is 13.7. The second kappa shape index (κ2) is 6.45. The number of nitrogens with zero attached hydrogens (tertiary/aromatic N) is 4. The summed E-state index contributed by atoms with van der Waals surface area (Å²) in [7, 11) is 0. The molecule has 0 saturated carbocycles. The maximum atomic E-state index is 12.0. The Kier molecular flexibility index (Phi) is 4.20. The van der Waals surface area contributed by atoms with Gasteiger partial charge in [0.25, 0.3) is 0 Å². The molecule has 21 heavy (non-hydrogen) atoms. The van der Waals surface area contributed by atoms with E-state index < -0.39 is 0 Å². The van der Waals surface area contributed by atoms with Crippen molar-refractivity contribution in [1.82, 2.24) is 30.8 Å². The molecule has 110 valence electrons. The molecular weight excluding hydrogens is 268 g/mol. The van der Waals surface area contributed by atoms with Crippen molar-refractivity contribution >= 4 is 5.91 Å². The van der Waals surface area contributed by atoms with Gasteiger partial charge < -0.3 is 10.6 Å². The van der Waals surface area contributed by atoms with E-state index in [-0.39, 0.29) is 18.5 Å². The lowest BCUT2D eigenvalue weighted by molar-refractivity contribution is -0.122. The number of aromatic nitrogens is 4. The number of benzene rings is 1. The van der Waals surface area contributed by atoms with Gasteiger partial charge in [0.2, 0.25) is 11.7 Å². The summed E-state index contributed by atoms with van der Waals surface area (Å²) in [6, 6.07) is 9.84. The zero-order valence-electron chi connectivity index (χ0n) is 11.7. The standard InChI is InChI=1S/C14H18N6O/c21-13(16-12-6-8-15-9-7-12)10-20-18-14(17-19-20)11-4-2-1-3-5-11/h1-5,12,15H,6-10H2,(H,16,21). The molecule has 0 aliphatic carbocycles. The molecule has 0 bridgehead atoms. The second-order valence-corrected chi connectivity index (χ2v) is 5.10. The first-order valence-corrected chi connectivity index (χ1v) is 7.14. The Labute approximate surface area is 122 Å². The molecule has 2 heterocycles. The van der Waals surface area contributed by atoms with E-state index in [2.05, 4.69) is 26.0 Å². The highest BCUT2D eigenvalue weighted by Crippen LogP contribution is 2.11. The Bertz CT molecular complexity index is 591. The van der Waals surface area contributed by atoms with Crippen LogP contribution in [0.15, 0.2) is 30.3 Å². The molecule has 1 saturated heterocycles. The predicted octanol–water partition coefficient (Wildman–Crippen LogP) is 0.208. The summed E-state index contributed by atoms with van der Waals surface area (Å²) in [6.45, 7) is 2.00. The van der Waals surface area contributed by atoms with Gasteiger partial charge in [-0.05, 0) is 31.1 Å². The van der Waals surface area contributed by atoms with Gasteiger partial charge in [0.05, 0.1) is 0 Å². The topological polar surface area (TPSA) is 84.7 Å². The van der Waals surface area contributed by atoms with E-state index >= 15 is 0 Å². The summed E-state index contributed by atoms with van der Waals surface area (Å²) in [4.78, 5) is 13.3. The molecule has 1 amide bonds. The molecule has 7 nitrogen and oxygen atoms in total. The van der Waals surface area contributed by atoms with Crippen LogP contribution in [0.2, 0.25) is 0 Å². The van der Waals surface area contributed by atoms with Crippen molar-refractivity contribution in [3.8, 4) is 11.4 Å². The number of piperidine rings is 1. The summed E-state index contributed by atoms with van der Waals surface area (Å²) < 4.78 is 0. The maximum absolute atomic E-state index is 12.0. The van der Waals surface area contributed by atoms with Crippen molar-refractivity contribution in [3.05, 3.63) is 30.3 Å². The van der Waals surface area contributed by atoms with Crippen LogP contribution in [0.4, 0.5) is 0 Å². The fourth-order valence-electron chi connectivity index (χ4n) is 2.38. The number of amides is 1. The fourth-order valence-corrected chi connectivity index (χ4v) is 2.38. The van der Waals surface area contributed by atoms with Crippen LogP contribution >= 0.6 is 0 Å². The average molecular weight is 286 g/mol. The number of hydrogen-bond donors (Lipinski definition) is 2. The molecule has 7 heteroatoms. The average Bonchev–Trinajstić information content (AvgIpc) is 2.97. The number of tetrazole rings is 1. The molecule has 1 aromatic heterocycles. The Morgan fingerprint density at radius 1 is 1.29 bits per heavy atom. The van der Waals surface area contributed by atoms with Crippen molar-refractivity contribution in [2.24, 2.45) is 0 Å². The van der Waals surface area contributed by atoms with E-state index in [0.717, 1.165) is 31.5 Å². The number of hydrogen-bond acceptors (Lipinski definition) is 5. The van der Waals surface area contributed by atoms with Gasteiger partial charge in [-0.1, -0.05) is 30.3 Å². The van der Waals surface area contributed by atoms with Crippen LogP contribution in [0.1, 0.15) is 12.8 Å². The lowest BCUT2D eigenvalue weighted by Gasteiger charge is -2.23. The zero-order chi connectivity index (χ0) is 14.5. The first-order valence-electron chi connectivity index (χ1n) is 7.14. The molecule has 0 radical (unpaired) electrons. The quantitative estimate of drug-likeness (QED) is 0.839. The Hall–Kier alpha value is -2.28. The van der Waals surface area contributed by atoms with Gasteiger partial charge in [0.1, 0.15) is 6.54 Å². The van der Waals surface area contributed by atoms with E-state index in [0.29, 0.717) is 5.82 Å². The van der Waals surface area contributed by atoms with Crippen LogP contribution < -0.4 is 10.6 Å². The lowest BCUT2D eigenvalue weighted by Crippen LogP contribution is -2.44. The Morgan fingerprint density at radius 3 is 2.81 bits per heavy atom. The smallest absolute Gasteiger partial charge is 0.243 e. The maximum Gasteiger partial charge on any atom is 0.243 e. The first-order chi connectivity index (χ1) is 10.3. The highest BCUT2D eigenvalue weighted by molar-refractivity contribution is 5.75. The summed E-state index contributed by atoms with van der Waals surface area (Å²) in [5.41, 5.74) is 0.891. The highest BCUT2D eigenvalue weighted by atomic mass is 16.2. The third kappa shape index (κ3) is 3.63. The van der Waals surface area contributed by atoms with Crippen LogP contribution in [0.5, 0.6) is 0 Å². The molecule has 1 aromatic carbocycles. The summed E-state index contributed by atoms with van der Waals surface area (Å²) in [5.74, 6) is 0.462. The van der Waals surface area contributed by atoms with E-state index in [9.17, 15) is 4.79 Å². The zero-order valence-corrected chi connectivity index (χ0v) is 11.7. The van der Waals surface area contributed by atoms with Crippen LogP contribution in [0.25, 0.3) is 11.4 Å². The third-order valence-corrected chi connectivity index (χ3v) is 3.47. The van der Waals surface area contributed by atoms with Crippen molar-refractivity contribution in [2.75, 3.05) is 13.1 Å². The van der Waals surface area contributed by atoms with E-state index in [1.165, 1.54) is 4.80 Å². The molecule has 1 aliphatic heterocycles. The van der Waals surface area contributed by atoms with Crippen molar-refractivity contribution in [2.45, 2.75) is 25.4 Å². The fraction of sp³-hybridized carbons (Fsp3) is 0.429. The number of nitrogens with one attached hydrogen (secondary N) is 2. The monoisotopic (exact) mass is 286 g/mol. The molecule has 1 aliphatic rings. The van der Waals surface area contributed by atoms with Gasteiger partial charge >= 0.3 is 0 Å². The molecule has 2 aromatic rings. The van der Waals surface area contributed by atoms with Gasteiger partial charge in [0, 0.05) is 11.6 Å². The Balaban J connectivity index is 1.58. The van der Waals surface area contributed by atoms with Gasteiger partial charge in [-0.15, -0.1) is 10.2 Å². The second-order valence-electron chi connectivity index (χ2n) is 5.10. The molecule has 1 fully saturated rings. The van der Waals surface area contributed by atoms with Gasteiger partial charge in [-0.3, -0.25) is 4.79 Å². The van der Waals surface area contributed by atoms with Gasteiger partial charge in [0.15, 0.2) is 0 Å². The van der Waals surface area contributed by atoms with Gasteiger partial charge in [-0.2, -0.15) is 4.80 Å². The van der Waals surface area contributed by atoms with Gasteiger partial charge in [-0.25, -0.2) is 0 Å². The van der Waals surface area contributed by atoms with Crippen molar-refractivity contribution < 1.29 is 4.79 Å².